The van der Waals surface area contributed by atoms with Crippen molar-refractivity contribution >= 4 is 38.4 Å². The second-order valence-corrected chi connectivity index (χ2v) is 6.10. The minimum absolute atomic E-state index is 0.0573. The van der Waals surface area contributed by atoms with E-state index in [0.717, 1.165) is 10.3 Å². The molecule has 1 heterocycles. The highest BCUT2D eigenvalue weighted by Gasteiger charge is 2.13. The molecule has 0 aliphatic carbocycles. The van der Waals surface area contributed by atoms with Gasteiger partial charge < -0.3 is 5.73 Å². The van der Waals surface area contributed by atoms with E-state index in [9.17, 15) is 9.59 Å². The van der Waals surface area contributed by atoms with E-state index in [0.29, 0.717) is 10.5 Å². The third-order valence-corrected chi connectivity index (χ3v) is 4.22. The maximum atomic E-state index is 12.0. The Labute approximate surface area is 141 Å². The molecule has 0 bridgehead atoms. The number of H-pyrrole nitrogens is 1. The number of nitrogens with two attached hydrogens (primary N) is 1. The number of benzene rings is 2. The van der Waals surface area contributed by atoms with Crippen LogP contribution in [0.3, 0.4) is 0 Å². The molecule has 0 radical (unpaired) electrons. The standard InChI is InChI=1S/C17H14N4O2S/c18-16(19-14(22)10-11-6-2-1-3-7-11)21-17-20-15(23)12-8-4-5-9-13(12)24-17/h1-9H,10H2,(H3,18,19,20,21,22,23)/p+1. The van der Waals surface area contributed by atoms with E-state index < -0.39 is 0 Å². The topological polar surface area (TPSA) is 98.7 Å². The minimum Gasteiger partial charge on any atom is -0.348 e. The smallest absolute Gasteiger partial charge is 0.348 e. The number of aliphatic imine (C=N–C) groups is 1. The van der Waals surface area contributed by atoms with Crippen LogP contribution < -0.4 is 21.6 Å². The summed E-state index contributed by atoms with van der Waals surface area (Å²) >= 11 is 1.29. The zero-order chi connectivity index (χ0) is 16.9. The normalized spacial score (nSPS) is 11.4. The van der Waals surface area contributed by atoms with Crippen molar-refractivity contribution in [3.63, 3.8) is 0 Å². The summed E-state index contributed by atoms with van der Waals surface area (Å²) in [5.41, 5.74) is 6.39. The van der Waals surface area contributed by atoms with E-state index in [1.165, 1.54) is 11.3 Å². The predicted octanol–water partition coefficient (Wildman–Crippen LogP) is 1.38. The van der Waals surface area contributed by atoms with Gasteiger partial charge in [0.15, 0.2) is 0 Å². The summed E-state index contributed by atoms with van der Waals surface area (Å²) in [5, 5.41) is 3.44. The van der Waals surface area contributed by atoms with Gasteiger partial charge in [-0.2, -0.15) is 4.98 Å². The first kappa shape index (κ1) is 15.8. The van der Waals surface area contributed by atoms with Crippen LogP contribution in [0, 0.1) is 0 Å². The van der Waals surface area contributed by atoms with Crippen LogP contribution in [0.25, 0.3) is 10.1 Å². The Bertz CT molecular complexity index is 967. The zero-order valence-electron chi connectivity index (χ0n) is 12.7. The number of guanidine groups is 1. The molecule has 0 saturated heterocycles. The first-order valence-electron chi connectivity index (χ1n) is 7.25. The van der Waals surface area contributed by atoms with Crippen molar-refractivity contribution in [2.24, 2.45) is 10.7 Å². The van der Waals surface area contributed by atoms with Gasteiger partial charge in [0.25, 0.3) is 0 Å². The first-order valence-corrected chi connectivity index (χ1v) is 8.06. The van der Waals surface area contributed by atoms with E-state index >= 15 is 0 Å². The Morgan fingerprint density at radius 1 is 1.12 bits per heavy atom. The van der Waals surface area contributed by atoms with E-state index in [1.807, 2.05) is 42.5 Å². The molecule has 7 heteroatoms. The summed E-state index contributed by atoms with van der Waals surface area (Å²) in [6.45, 7) is 0. The number of nitrogens with zero attached hydrogens (tertiary/aromatic N) is 1. The molecule has 3 aromatic rings. The minimum atomic E-state index is -0.268. The SMILES string of the molecule is NC(=Nc1[nH+]c(=O)c2ccccc2s1)NC(=O)Cc1ccccc1. The highest BCUT2D eigenvalue weighted by atomic mass is 32.1. The van der Waals surface area contributed by atoms with Crippen LogP contribution in [0.2, 0.25) is 0 Å². The van der Waals surface area contributed by atoms with Crippen molar-refractivity contribution in [3.8, 4) is 0 Å². The lowest BCUT2D eigenvalue weighted by Gasteiger charge is -2.01. The molecule has 6 nitrogen and oxygen atoms in total. The summed E-state index contributed by atoms with van der Waals surface area (Å²) in [7, 11) is 0. The molecule has 0 atom stereocenters. The molecular weight excluding hydrogens is 324 g/mol. The Morgan fingerprint density at radius 3 is 2.62 bits per heavy atom. The number of nitrogens with one attached hydrogen (secondary N) is 2. The van der Waals surface area contributed by atoms with Crippen molar-refractivity contribution in [2.75, 3.05) is 0 Å². The van der Waals surface area contributed by atoms with Gasteiger partial charge in [0.1, 0.15) is 0 Å². The molecule has 4 N–H and O–H groups in total. The maximum Gasteiger partial charge on any atom is 0.387 e. The van der Waals surface area contributed by atoms with E-state index in [4.69, 9.17) is 5.73 Å². The number of hydrogen-bond donors (Lipinski definition) is 2. The lowest BCUT2D eigenvalue weighted by Crippen LogP contribution is -2.38. The Morgan fingerprint density at radius 2 is 1.83 bits per heavy atom. The van der Waals surface area contributed by atoms with Gasteiger partial charge in [-0.3, -0.25) is 10.1 Å². The second kappa shape index (κ2) is 7.01. The van der Waals surface area contributed by atoms with Crippen LogP contribution in [0.5, 0.6) is 0 Å². The monoisotopic (exact) mass is 339 g/mol. The van der Waals surface area contributed by atoms with Crippen LogP contribution in [-0.2, 0) is 11.2 Å². The van der Waals surface area contributed by atoms with Gasteiger partial charge in [0.05, 0.1) is 16.5 Å². The number of amides is 1. The number of fused-ring (bicyclic) bond motifs is 1. The van der Waals surface area contributed by atoms with E-state index in [2.05, 4.69) is 15.3 Å². The van der Waals surface area contributed by atoms with E-state index in [-0.39, 0.29) is 23.8 Å². The zero-order valence-corrected chi connectivity index (χ0v) is 13.5. The molecule has 3 rings (SSSR count). The number of aromatic amines is 1. The molecule has 24 heavy (non-hydrogen) atoms. The number of aromatic nitrogens is 1. The van der Waals surface area contributed by atoms with Crippen LogP contribution in [0.4, 0.5) is 5.13 Å². The fourth-order valence-electron chi connectivity index (χ4n) is 2.19. The summed E-state index contributed by atoms with van der Waals surface area (Å²) in [6, 6.07) is 16.5. The second-order valence-electron chi connectivity index (χ2n) is 5.07. The van der Waals surface area contributed by atoms with Crippen molar-refractivity contribution in [3.05, 3.63) is 70.5 Å². The number of carbonyl (C=O) groups is 1. The predicted molar refractivity (Wildman–Crippen MR) is 94.2 cm³/mol. The third kappa shape index (κ3) is 3.82. The molecule has 0 fully saturated rings. The van der Waals surface area contributed by atoms with Crippen molar-refractivity contribution in [1.82, 2.24) is 5.32 Å². The van der Waals surface area contributed by atoms with Gasteiger partial charge in [-0.05, 0) is 29.0 Å². The third-order valence-electron chi connectivity index (χ3n) is 3.26. The van der Waals surface area contributed by atoms with E-state index in [1.54, 1.807) is 12.1 Å². The Balaban J connectivity index is 1.76. The highest BCUT2D eigenvalue weighted by molar-refractivity contribution is 7.21. The molecule has 2 aromatic carbocycles. The van der Waals surface area contributed by atoms with Gasteiger partial charge >= 0.3 is 16.7 Å². The molecular formula is C17H15N4O2S+. The molecule has 1 amide bonds. The fourth-order valence-corrected chi connectivity index (χ4v) is 3.11. The molecule has 0 unspecified atom stereocenters. The Kier molecular flexibility index (Phi) is 4.62. The summed E-state index contributed by atoms with van der Waals surface area (Å²) in [4.78, 5) is 30.7. The highest BCUT2D eigenvalue weighted by Crippen LogP contribution is 2.19. The fraction of sp³-hybridized carbons (Fsp3) is 0.0588. The maximum absolute atomic E-state index is 12.0. The largest absolute Gasteiger partial charge is 0.387 e. The van der Waals surface area contributed by atoms with Gasteiger partial charge in [-0.25, -0.2) is 4.79 Å². The van der Waals surface area contributed by atoms with Crippen LogP contribution >= 0.6 is 11.3 Å². The molecule has 0 spiro atoms. The molecule has 0 aliphatic rings. The summed E-state index contributed by atoms with van der Waals surface area (Å²) < 4.78 is 0.795. The molecule has 120 valence electrons. The lowest BCUT2D eigenvalue weighted by atomic mass is 10.1. The number of carbonyl (C=O) groups excluding carboxylic acids is 1. The number of hydrogen-bond acceptors (Lipinski definition) is 4. The van der Waals surface area contributed by atoms with Crippen LogP contribution in [0.15, 0.2) is 64.4 Å². The average Bonchev–Trinajstić information content (AvgIpc) is 2.55. The average molecular weight is 339 g/mol. The summed E-state index contributed by atoms with van der Waals surface area (Å²) in [5.74, 6) is -0.325. The Hall–Kier alpha value is -3.06. The van der Waals surface area contributed by atoms with Crippen molar-refractivity contribution < 1.29 is 9.78 Å². The van der Waals surface area contributed by atoms with Crippen molar-refractivity contribution in [2.45, 2.75) is 6.42 Å². The van der Waals surface area contributed by atoms with Gasteiger partial charge in [-0.1, -0.05) is 42.5 Å². The number of rotatable bonds is 3. The summed E-state index contributed by atoms with van der Waals surface area (Å²) in [6.07, 6.45) is 0.203. The molecule has 0 saturated carbocycles. The quantitative estimate of drug-likeness (QED) is 0.557. The van der Waals surface area contributed by atoms with Gasteiger partial charge in [0, 0.05) is 4.99 Å². The van der Waals surface area contributed by atoms with Crippen LogP contribution in [-0.4, -0.2) is 11.9 Å². The van der Waals surface area contributed by atoms with Gasteiger partial charge in [-0.15, -0.1) is 0 Å². The molecule has 0 aliphatic heterocycles. The molecule has 1 aromatic heterocycles. The van der Waals surface area contributed by atoms with Gasteiger partial charge in [0.2, 0.25) is 5.91 Å². The lowest BCUT2D eigenvalue weighted by molar-refractivity contribution is -0.375. The first-order chi connectivity index (χ1) is 11.6. The van der Waals surface area contributed by atoms with Crippen LogP contribution in [0.1, 0.15) is 5.56 Å². The van der Waals surface area contributed by atoms with Crippen molar-refractivity contribution in [1.29, 1.82) is 0 Å².